The molecule has 0 aromatic rings. The van der Waals surface area contributed by atoms with Crippen LogP contribution in [0, 0.1) is 0 Å². The molecule has 8 heteroatoms. The van der Waals surface area contributed by atoms with Crippen LogP contribution in [0.4, 0.5) is 0 Å². The number of carboxylic acid groups (broad SMARTS) is 1. The van der Waals surface area contributed by atoms with Gasteiger partial charge in [-0.05, 0) is 19.4 Å². The summed E-state index contributed by atoms with van der Waals surface area (Å²) in [6.07, 6.45) is 1.86. The first-order valence-electron chi connectivity index (χ1n) is 6.70. The summed E-state index contributed by atoms with van der Waals surface area (Å²) in [5.41, 5.74) is 5.37. The fourth-order valence-electron chi connectivity index (χ4n) is 2.66. The van der Waals surface area contributed by atoms with Crippen LogP contribution in [0.5, 0.6) is 0 Å². The lowest BCUT2D eigenvalue weighted by molar-refractivity contribution is -0.138. The minimum Gasteiger partial charge on any atom is -0.480 e. The van der Waals surface area contributed by atoms with E-state index < -0.39 is 12.0 Å². The molecule has 0 saturated carbocycles. The number of carboxylic acids is 1. The molecule has 5 atom stereocenters. The Bertz CT molecular complexity index is 382. The Morgan fingerprint density at radius 1 is 1.60 bits per heavy atom. The Hall–Kier alpha value is -0.830. The molecule has 0 aromatic heterocycles. The van der Waals surface area contributed by atoms with Crippen LogP contribution in [0.3, 0.4) is 0 Å². The molecule has 4 unspecified atom stereocenters. The molecule has 2 heterocycles. The van der Waals surface area contributed by atoms with Gasteiger partial charge in [0.1, 0.15) is 6.04 Å². The third-order valence-corrected chi connectivity index (χ3v) is 5.48. The number of aliphatic carboxylic acids is 1. The number of thioether (sulfide) groups is 1. The summed E-state index contributed by atoms with van der Waals surface area (Å²) in [4.78, 5) is 22.7. The lowest BCUT2D eigenvalue weighted by atomic mass is 9.97. The molecule has 2 aliphatic rings. The van der Waals surface area contributed by atoms with Gasteiger partial charge in [0.15, 0.2) is 0 Å². The molecule has 0 bridgehead atoms. The summed E-state index contributed by atoms with van der Waals surface area (Å²) in [6.45, 7) is 0.861. The van der Waals surface area contributed by atoms with Crippen molar-refractivity contribution < 1.29 is 19.4 Å². The fraction of sp³-hybridized carbons (Fsp3) is 0.833. The van der Waals surface area contributed by atoms with Gasteiger partial charge in [-0.1, -0.05) is 0 Å². The predicted octanol–water partition coefficient (Wildman–Crippen LogP) is -1.23. The van der Waals surface area contributed by atoms with Crippen molar-refractivity contribution in [1.29, 1.82) is 0 Å². The van der Waals surface area contributed by atoms with E-state index in [1.165, 1.54) is 0 Å². The second-order valence-corrected chi connectivity index (χ2v) is 6.52. The molecule has 0 spiro atoms. The van der Waals surface area contributed by atoms with Crippen molar-refractivity contribution in [2.45, 2.75) is 41.5 Å². The van der Waals surface area contributed by atoms with E-state index in [1.807, 2.05) is 0 Å². The standard InChI is InChI=1S/C12H21N3O4S/c1-19-8-2-3-14-7-4-9(20-10(7)8)11(16)15-5-6(13)12(17)18/h6-10,14H,2-5,13H2,1H3,(H,15,16)(H,17,18)/t6-,7?,8?,9?,10?/m1/s1. The van der Waals surface area contributed by atoms with E-state index in [9.17, 15) is 9.59 Å². The summed E-state index contributed by atoms with van der Waals surface area (Å²) in [5.74, 6) is -1.25. The van der Waals surface area contributed by atoms with Crippen LogP contribution in [-0.4, -0.2) is 65.9 Å². The second-order valence-electron chi connectivity index (χ2n) is 5.14. The van der Waals surface area contributed by atoms with Gasteiger partial charge < -0.3 is 26.2 Å². The third kappa shape index (κ3) is 3.43. The van der Waals surface area contributed by atoms with Gasteiger partial charge in [-0.3, -0.25) is 9.59 Å². The van der Waals surface area contributed by atoms with Crippen LogP contribution in [0.15, 0.2) is 0 Å². The van der Waals surface area contributed by atoms with Crippen molar-refractivity contribution in [3.63, 3.8) is 0 Å². The number of methoxy groups -OCH3 is 1. The number of ether oxygens (including phenoxy) is 1. The van der Waals surface area contributed by atoms with E-state index in [-0.39, 0.29) is 35.1 Å². The van der Waals surface area contributed by atoms with Crippen LogP contribution in [0.1, 0.15) is 12.8 Å². The van der Waals surface area contributed by atoms with Gasteiger partial charge in [0.2, 0.25) is 5.91 Å². The number of piperidine rings is 1. The molecule has 20 heavy (non-hydrogen) atoms. The molecule has 5 N–H and O–H groups in total. The Morgan fingerprint density at radius 3 is 3.00 bits per heavy atom. The van der Waals surface area contributed by atoms with E-state index in [4.69, 9.17) is 15.6 Å². The molecule has 2 saturated heterocycles. The van der Waals surface area contributed by atoms with Gasteiger partial charge in [-0.2, -0.15) is 0 Å². The van der Waals surface area contributed by atoms with E-state index >= 15 is 0 Å². The first-order chi connectivity index (χ1) is 9.52. The minimum absolute atomic E-state index is 0.0400. The first kappa shape index (κ1) is 15.6. The first-order valence-corrected chi connectivity index (χ1v) is 7.65. The summed E-state index contributed by atoms with van der Waals surface area (Å²) in [6, 6.07) is -0.778. The van der Waals surface area contributed by atoms with Crippen LogP contribution in [-0.2, 0) is 14.3 Å². The molecule has 2 aliphatic heterocycles. The smallest absolute Gasteiger partial charge is 0.322 e. The molecule has 7 nitrogen and oxygen atoms in total. The molecule has 0 aromatic carbocycles. The Balaban J connectivity index is 1.85. The highest BCUT2D eigenvalue weighted by Gasteiger charge is 2.44. The third-order valence-electron chi connectivity index (χ3n) is 3.80. The van der Waals surface area contributed by atoms with Crippen molar-refractivity contribution in [1.82, 2.24) is 10.6 Å². The van der Waals surface area contributed by atoms with E-state index in [0.29, 0.717) is 0 Å². The maximum Gasteiger partial charge on any atom is 0.322 e. The fourth-order valence-corrected chi connectivity index (χ4v) is 4.38. The van der Waals surface area contributed by atoms with Crippen LogP contribution < -0.4 is 16.4 Å². The quantitative estimate of drug-likeness (QED) is 0.502. The zero-order chi connectivity index (χ0) is 14.7. The summed E-state index contributed by atoms with van der Waals surface area (Å²) < 4.78 is 5.47. The number of nitrogens with two attached hydrogens (primary N) is 1. The van der Waals surface area contributed by atoms with Gasteiger partial charge in [-0.25, -0.2) is 0 Å². The molecular weight excluding hydrogens is 282 g/mol. The maximum atomic E-state index is 12.1. The Labute approximate surface area is 122 Å². The monoisotopic (exact) mass is 303 g/mol. The number of hydrogen-bond acceptors (Lipinski definition) is 6. The molecule has 0 radical (unpaired) electrons. The number of carbonyl (C=O) groups is 2. The molecule has 0 aliphatic carbocycles. The average Bonchev–Trinajstić information content (AvgIpc) is 2.87. The molecule has 2 fully saturated rings. The number of fused-ring (bicyclic) bond motifs is 1. The molecule has 2 rings (SSSR count). The van der Waals surface area contributed by atoms with Crippen molar-refractivity contribution >= 4 is 23.6 Å². The van der Waals surface area contributed by atoms with E-state index in [2.05, 4.69) is 10.6 Å². The van der Waals surface area contributed by atoms with Crippen molar-refractivity contribution in [3.8, 4) is 0 Å². The second kappa shape index (κ2) is 6.75. The summed E-state index contributed by atoms with van der Waals surface area (Å²) in [7, 11) is 1.70. The number of amides is 1. The molecular formula is C12H21N3O4S. The van der Waals surface area contributed by atoms with Crippen LogP contribution >= 0.6 is 11.8 Å². The van der Waals surface area contributed by atoms with E-state index in [0.717, 1.165) is 19.4 Å². The predicted molar refractivity (Wildman–Crippen MR) is 75.6 cm³/mol. The lowest BCUT2D eigenvalue weighted by Gasteiger charge is -2.32. The maximum absolute atomic E-state index is 12.1. The number of carbonyl (C=O) groups excluding carboxylic acids is 1. The largest absolute Gasteiger partial charge is 0.480 e. The van der Waals surface area contributed by atoms with Crippen LogP contribution in [0.25, 0.3) is 0 Å². The molecule has 114 valence electrons. The summed E-state index contributed by atoms with van der Waals surface area (Å²) in [5, 5.41) is 14.8. The van der Waals surface area contributed by atoms with E-state index in [1.54, 1.807) is 18.9 Å². The number of hydrogen-bond donors (Lipinski definition) is 4. The van der Waals surface area contributed by atoms with Gasteiger partial charge in [0.05, 0.1) is 11.4 Å². The number of nitrogens with one attached hydrogen (secondary N) is 2. The van der Waals surface area contributed by atoms with Crippen LogP contribution in [0.2, 0.25) is 0 Å². The number of rotatable bonds is 5. The van der Waals surface area contributed by atoms with Gasteiger partial charge in [0, 0.05) is 24.9 Å². The lowest BCUT2D eigenvalue weighted by Crippen LogP contribution is -2.48. The molecule has 1 amide bonds. The SMILES string of the molecule is COC1CCNC2CC(C(=O)NC[C@@H](N)C(=O)O)SC21. The van der Waals surface area contributed by atoms with Gasteiger partial charge >= 0.3 is 5.97 Å². The van der Waals surface area contributed by atoms with Crippen molar-refractivity contribution in [2.75, 3.05) is 20.2 Å². The zero-order valence-electron chi connectivity index (χ0n) is 11.4. The summed E-state index contributed by atoms with van der Waals surface area (Å²) >= 11 is 1.61. The topological polar surface area (TPSA) is 114 Å². The Morgan fingerprint density at radius 2 is 2.35 bits per heavy atom. The zero-order valence-corrected chi connectivity index (χ0v) is 12.2. The highest BCUT2D eigenvalue weighted by atomic mass is 32.2. The minimum atomic E-state index is -1.11. The highest BCUT2D eigenvalue weighted by molar-refractivity contribution is 8.01. The Kier molecular flexibility index (Phi) is 5.25. The van der Waals surface area contributed by atoms with Gasteiger partial charge in [-0.15, -0.1) is 11.8 Å². The van der Waals surface area contributed by atoms with Gasteiger partial charge in [0.25, 0.3) is 0 Å². The average molecular weight is 303 g/mol. The normalized spacial score (nSPS) is 34.3. The highest BCUT2D eigenvalue weighted by Crippen LogP contribution is 2.39. The van der Waals surface area contributed by atoms with Crippen molar-refractivity contribution in [2.24, 2.45) is 5.73 Å². The van der Waals surface area contributed by atoms with Crippen molar-refractivity contribution in [3.05, 3.63) is 0 Å².